The summed E-state index contributed by atoms with van der Waals surface area (Å²) in [5.74, 6) is 0. The zero-order valence-electron chi connectivity index (χ0n) is 7.90. The Balaban J connectivity index is 0. The number of hydrogen-bond acceptors (Lipinski definition) is 1. The fourth-order valence-electron chi connectivity index (χ4n) is 1.10. The summed E-state index contributed by atoms with van der Waals surface area (Å²) >= 11 is 0. The van der Waals surface area contributed by atoms with Gasteiger partial charge in [-0.1, -0.05) is 25.8 Å². The van der Waals surface area contributed by atoms with Crippen LogP contribution in [0.5, 0.6) is 0 Å². The molecule has 0 fully saturated rings. The van der Waals surface area contributed by atoms with E-state index in [1.54, 1.807) is 0 Å². The first-order valence-corrected chi connectivity index (χ1v) is 4.33. The lowest BCUT2D eigenvalue weighted by molar-refractivity contribution is 0.707. The molecule has 0 bridgehead atoms. The number of halogens is 2. The molecule has 0 N–H and O–H groups in total. The lowest BCUT2D eigenvalue weighted by Crippen LogP contribution is -1.87. The highest BCUT2D eigenvalue weighted by atomic mass is 79.9. The van der Waals surface area contributed by atoms with Crippen LogP contribution >= 0.6 is 34.0 Å². The highest BCUT2D eigenvalue weighted by Crippen LogP contribution is 2.02. The second-order valence-electron chi connectivity index (χ2n) is 2.78. The minimum Gasteiger partial charge on any atom is -0.261 e. The van der Waals surface area contributed by atoms with Crippen molar-refractivity contribution in [3.63, 3.8) is 0 Å². The molecule has 0 saturated carbocycles. The molecule has 13 heavy (non-hydrogen) atoms. The molecule has 0 saturated heterocycles. The van der Waals surface area contributed by atoms with Crippen LogP contribution in [0.4, 0.5) is 0 Å². The normalized spacial score (nSPS) is 8.38. The van der Waals surface area contributed by atoms with Gasteiger partial charge in [0.25, 0.3) is 0 Å². The Bertz CT molecular complexity index is 189. The van der Waals surface area contributed by atoms with Crippen molar-refractivity contribution in [1.82, 2.24) is 4.98 Å². The van der Waals surface area contributed by atoms with Crippen LogP contribution in [0.2, 0.25) is 0 Å². The third-order valence-electron chi connectivity index (χ3n) is 1.76. The van der Waals surface area contributed by atoms with E-state index in [1.807, 2.05) is 18.3 Å². The molecule has 1 nitrogen and oxygen atoms in total. The van der Waals surface area contributed by atoms with E-state index < -0.39 is 0 Å². The van der Waals surface area contributed by atoms with Crippen molar-refractivity contribution in [3.05, 3.63) is 30.1 Å². The summed E-state index contributed by atoms with van der Waals surface area (Å²) < 4.78 is 0. The molecule has 0 unspecified atom stereocenters. The van der Waals surface area contributed by atoms with Crippen molar-refractivity contribution in [3.8, 4) is 0 Å². The topological polar surface area (TPSA) is 12.9 Å². The summed E-state index contributed by atoms with van der Waals surface area (Å²) in [5.41, 5.74) is 1.22. The summed E-state index contributed by atoms with van der Waals surface area (Å²) in [6.07, 6.45) is 6.87. The van der Waals surface area contributed by atoms with Gasteiger partial charge in [-0.25, -0.2) is 0 Å². The zero-order valence-corrected chi connectivity index (χ0v) is 11.3. The lowest BCUT2D eigenvalue weighted by Gasteiger charge is -1.97. The molecule has 1 aromatic rings. The predicted octanol–water partition coefficient (Wildman–Crippen LogP) is 3.97. The van der Waals surface area contributed by atoms with Gasteiger partial charge in [0, 0.05) is 11.9 Å². The van der Waals surface area contributed by atoms with Crippen LogP contribution in [0, 0.1) is 0 Å². The average molecular weight is 311 g/mol. The number of pyridine rings is 1. The summed E-state index contributed by atoms with van der Waals surface area (Å²) in [7, 11) is 0. The van der Waals surface area contributed by atoms with Gasteiger partial charge in [0.2, 0.25) is 0 Å². The SMILES string of the molecule is Br.Br.CCCCCc1ccccn1. The van der Waals surface area contributed by atoms with Gasteiger partial charge in [-0.15, -0.1) is 34.0 Å². The van der Waals surface area contributed by atoms with Crippen LogP contribution in [-0.2, 0) is 6.42 Å². The Morgan fingerprint density at radius 3 is 2.46 bits per heavy atom. The van der Waals surface area contributed by atoms with Gasteiger partial charge in [-0.3, -0.25) is 4.98 Å². The van der Waals surface area contributed by atoms with Gasteiger partial charge in [0.1, 0.15) is 0 Å². The summed E-state index contributed by atoms with van der Waals surface area (Å²) in [5, 5.41) is 0. The fourth-order valence-corrected chi connectivity index (χ4v) is 1.10. The van der Waals surface area contributed by atoms with E-state index in [0.29, 0.717) is 0 Å². The van der Waals surface area contributed by atoms with Crippen molar-refractivity contribution < 1.29 is 0 Å². The van der Waals surface area contributed by atoms with Crippen molar-refractivity contribution in [2.75, 3.05) is 0 Å². The van der Waals surface area contributed by atoms with Crippen LogP contribution in [0.3, 0.4) is 0 Å². The van der Waals surface area contributed by atoms with Gasteiger partial charge in [-0.2, -0.15) is 0 Å². The Morgan fingerprint density at radius 2 is 1.92 bits per heavy atom. The molecule has 0 aliphatic carbocycles. The van der Waals surface area contributed by atoms with Crippen LogP contribution in [0.1, 0.15) is 31.9 Å². The Labute approximate surface area is 102 Å². The molecule has 0 aromatic carbocycles. The molecule has 0 radical (unpaired) electrons. The third kappa shape index (κ3) is 7.20. The van der Waals surface area contributed by atoms with E-state index in [-0.39, 0.29) is 34.0 Å². The summed E-state index contributed by atoms with van der Waals surface area (Å²) in [6, 6.07) is 6.10. The Hall–Kier alpha value is 0.110. The van der Waals surface area contributed by atoms with Crippen LogP contribution in [-0.4, -0.2) is 4.98 Å². The number of nitrogens with zero attached hydrogens (tertiary/aromatic N) is 1. The fraction of sp³-hybridized carbons (Fsp3) is 0.500. The smallest absolute Gasteiger partial charge is 0.0403 e. The summed E-state index contributed by atoms with van der Waals surface area (Å²) in [6.45, 7) is 2.22. The molecule has 1 aromatic heterocycles. The van der Waals surface area contributed by atoms with Crippen molar-refractivity contribution in [2.24, 2.45) is 0 Å². The van der Waals surface area contributed by atoms with Crippen LogP contribution < -0.4 is 0 Å². The molecule has 0 aliphatic rings. The molecule has 1 rings (SSSR count). The largest absolute Gasteiger partial charge is 0.261 e. The van der Waals surface area contributed by atoms with Crippen LogP contribution in [0.15, 0.2) is 24.4 Å². The molecule has 76 valence electrons. The van der Waals surface area contributed by atoms with Gasteiger partial charge in [0.15, 0.2) is 0 Å². The molecule has 0 aliphatic heterocycles. The predicted molar refractivity (Wildman–Crippen MR) is 68.1 cm³/mol. The molecule has 1 heterocycles. The van der Waals surface area contributed by atoms with E-state index in [2.05, 4.69) is 18.0 Å². The number of hydrogen-bond donors (Lipinski definition) is 0. The van der Waals surface area contributed by atoms with E-state index in [1.165, 1.54) is 25.0 Å². The van der Waals surface area contributed by atoms with Gasteiger partial charge in [0.05, 0.1) is 0 Å². The van der Waals surface area contributed by atoms with Gasteiger partial charge >= 0.3 is 0 Å². The first kappa shape index (κ1) is 15.6. The first-order chi connectivity index (χ1) is 5.43. The lowest BCUT2D eigenvalue weighted by atomic mass is 10.1. The Morgan fingerprint density at radius 1 is 1.15 bits per heavy atom. The number of aryl methyl sites for hydroxylation is 1. The van der Waals surface area contributed by atoms with Crippen LogP contribution in [0.25, 0.3) is 0 Å². The monoisotopic (exact) mass is 309 g/mol. The molecule has 3 heteroatoms. The van der Waals surface area contributed by atoms with Gasteiger partial charge < -0.3 is 0 Å². The molecule has 0 amide bonds. The number of rotatable bonds is 4. The quantitative estimate of drug-likeness (QED) is 0.767. The standard InChI is InChI=1S/C10H15N.2BrH/c1-2-3-4-7-10-8-5-6-9-11-10;;/h5-6,8-9H,2-4,7H2,1H3;2*1H. The summed E-state index contributed by atoms with van der Waals surface area (Å²) in [4.78, 5) is 4.25. The average Bonchev–Trinajstić information content (AvgIpc) is 2.07. The highest BCUT2D eigenvalue weighted by Gasteiger charge is 1.90. The first-order valence-electron chi connectivity index (χ1n) is 4.33. The second-order valence-corrected chi connectivity index (χ2v) is 2.78. The Kier molecular flexibility index (Phi) is 12.2. The van der Waals surface area contributed by atoms with E-state index >= 15 is 0 Å². The van der Waals surface area contributed by atoms with E-state index in [9.17, 15) is 0 Å². The van der Waals surface area contributed by atoms with Crippen molar-refractivity contribution >= 4 is 34.0 Å². The highest BCUT2D eigenvalue weighted by molar-refractivity contribution is 8.93. The maximum absolute atomic E-state index is 4.25. The van der Waals surface area contributed by atoms with Gasteiger partial charge in [-0.05, 0) is 25.0 Å². The van der Waals surface area contributed by atoms with Crippen molar-refractivity contribution in [2.45, 2.75) is 32.6 Å². The minimum absolute atomic E-state index is 0. The molecular weight excluding hydrogens is 294 g/mol. The third-order valence-corrected chi connectivity index (χ3v) is 1.76. The molecule has 0 atom stereocenters. The maximum atomic E-state index is 4.25. The number of aromatic nitrogens is 1. The van der Waals surface area contributed by atoms with E-state index in [4.69, 9.17) is 0 Å². The second kappa shape index (κ2) is 10.2. The maximum Gasteiger partial charge on any atom is 0.0403 e. The van der Waals surface area contributed by atoms with E-state index in [0.717, 1.165) is 6.42 Å². The molecule has 0 spiro atoms. The minimum atomic E-state index is 0. The van der Waals surface area contributed by atoms with Crippen molar-refractivity contribution in [1.29, 1.82) is 0 Å². The number of unbranched alkanes of at least 4 members (excludes halogenated alkanes) is 2. The zero-order chi connectivity index (χ0) is 7.94. The molecular formula is C10H17Br2N.